The molecule has 0 unspecified atom stereocenters. The summed E-state index contributed by atoms with van der Waals surface area (Å²) in [5, 5.41) is 8.90. The molecule has 0 spiro atoms. The molecule has 1 rings (SSSR count). The summed E-state index contributed by atoms with van der Waals surface area (Å²) in [6.07, 6.45) is 2.87. The molecule has 0 heterocycles. The maximum absolute atomic E-state index is 12.2. The van der Waals surface area contributed by atoms with E-state index in [1.54, 1.807) is 19.2 Å². The number of sulfonamides is 1. The first-order valence-electron chi connectivity index (χ1n) is 6.63. The van der Waals surface area contributed by atoms with E-state index >= 15 is 0 Å². The van der Waals surface area contributed by atoms with Crippen LogP contribution in [0, 0.1) is 0 Å². The van der Waals surface area contributed by atoms with Crippen molar-refractivity contribution in [3.05, 3.63) is 35.4 Å². The van der Waals surface area contributed by atoms with Crippen LogP contribution in [0.5, 0.6) is 0 Å². The molecule has 1 aromatic carbocycles. The minimum Gasteiger partial charge on any atom is -0.478 e. The third-order valence-electron chi connectivity index (χ3n) is 3.07. The van der Waals surface area contributed by atoms with E-state index in [2.05, 4.69) is 6.92 Å². The first-order valence-corrected chi connectivity index (χ1v) is 8.24. The lowest BCUT2D eigenvalue weighted by Crippen LogP contribution is -2.29. The molecule has 0 radical (unpaired) electrons. The zero-order valence-electron chi connectivity index (χ0n) is 11.9. The minimum absolute atomic E-state index is 0.103. The molecule has 0 bridgehead atoms. The lowest BCUT2D eigenvalue weighted by atomic mass is 10.1. The molecular weight excluding hydrogens is 278 g/mol. The summed E-state index contributed by atoms with van der Waals surface area (Å²) in [5.41, 5.74) is 0.596. The van der Waals surface area contributed by atoms with E-state index in [1.807, 2.05) is 0 Å². The van der Waals surface area contributed by atoms with Gasteiger partial charge in [0.05, 0.1) is 11.3 Å². The molecule has 0 aliphatic heterocycles. The Kier molecular flexibility index (Phi) is 6.16. The zero-order chi connectivity index (χ0) is 15.2. The molecule has 20 heavy (non-hydrogen) atoms. The van der Waals surface area contributed by atoms with E-state index in [9.17, 15) is 13.2 Å². The van der Waals surface area contributed by atoms with Crippen LogP contribution in [0.15, 0.2) is 24.3 Å². The number of carboxylic acid groups (broad SMARTS) is 1. The van der Waals surface area contributed by atoms with Gasteiger partial charge in [-0.3, -0.25) is 0 Å². The molecule has 0 saturated heterocycles. The van der Waals surface area contributed by atoms with Gasteiger partial charge < -0.3 is 5.11 Å². The monoisotopic (exact) mass is 299 g/mol. The second-order valence-electron chi connectivity index (χ2n) is 4.79. The smallest absolute Gasteiger partial charge is 0.335 e. The van der Waals surface area contributed by atoms with Crippen LogP contribution in [-0.4, -0.2) is 37.4 Å². The fourth-order valence-electron chi connectivity index (χ4n) is 1.84. The Morgan fingerprint density at radius 1 is 1.30 bits per heavy atom. The highest BCUT2D eigenvalue weighted by Crippen LogP contribution is 2.12. The molecule has 0 atom stereocenters. The second-order valence-corrected chi connectivity index (χ2v) is 6.87. The molecular formula is C14H21NO4S. The molecule has 1 aromatic rings. The van der Waals surface area contributed by atoms with Gasteiger partial charge in [0.1, 0.15) is 0 Å². The highest BCUT2D eigenvalue weighted by Gasteiger charge is 2.18. The summed E-state index contributed by atoms with van der Waals surface area (Å²) in [7, 11) is -1.83. The van der Waals surface area contributed by atoms with Crippen molar-refractivity contribution in [2.24, 2.45) is 0 Å². The quantitative estimate of drug-likeness (QED) is 0.748. The van der Waals surface area contributed by atoms with Crippen molar-refractivity contribution >= 4 is 16.0 Å². The van der Waals surface area contributed by atoms with Crippen molar-refractivity contribution in [3.8, 4) is 0 Å². The standard InChI is InChI=1S/C14H21NO4S/c1-3-4-5-9-15(2)20(18,19)11-12-7-6-8-13(10-12)14(16)17/h6-8,10H,3-5,9,11H2,1-2H3,(H,16,17). The number of hydrogen-bond acceptors (Lipinski definition) is 3. The van der Waals surface area contributed by atoms with Gasteiger partial charge in [-0.25, -0.2) is 17.5 Å². The van der Waals surface area contributed by atoms with Gasteiger partial charge in [0, 0.05) is 13.6 Å². The highest BCUT2D eigenvalue weighted by atomic mass is 32.2. The minimum atomic E-state index is -3.40. The lowest BCUT2D eigenvalue weighted by molar-refractivity contribution is 0.0696. The fourth-order valence-corrected chi connectivity index (χ4v) is 3.07. The highest BCUT2D eigenvalue weighted by molar-refractivity contribution is 7.88. The summed E-state index contributed by atoms with van der Waals surface area (Å²) in [6, 6.07) is 6.04. The van der Waals surface area contributed by atoms with Gasteiger partial charge in [-0.15, -0.1) is 0 Å². The summed E-state index contributed by atoms with van der Waals surface area (Å²) in [5.74, 6) is -1.22. The van der Waals surface area contributed by atoms with Crippen LogP contribution < -0.4 is 0 Å². The normalized spacial score (nSPS) is 11.8. The van der Waals surface area contributed by atoms with Crippen LogP contribution in [0.25, 0.3) is 0 Å². The Bertz CT molecular complexity index is 554. The number of benzene rings is 1. The molecule has 0 aliphatic rings. The van der Waals surface area contributed by atoms with Crippen LogP contribution in [-0.2, 0) is 15.8 Å². The van der Waals surface area contributed by atoms with Crippen molar-refractivity contribution in [2.45, 2.75) is 31.9 Å². The molecule has 112 valence electrons. The molecule has 0 fully saturated rings. The van der Waals surface area contributed by atoms with E-state index in [1.165, 1.54) is 16.4 Å². The van der Waals surface area contributed by atoms with Gasteiger partial charge in [-0.2, -0.15) is 0 Å². The Hall–Kier alpha value is -1.40. The maximum Gasteiger partial charge on any atom is 0.335 e. The van der Waals surface area contributed by atoms with E-state index in [0.717, 1.165) is 19.3 Å². The third kappa shape index (κ3) is 4.94. The first-order chi connectivity index (χ1) is 9.36. The maximum atomic E-state index is 12.2. The topological polar surface area (TPSA) is 74.7 Å². The number of carbonyl (C=O) groups is 1. The lowest BCUT2D eigenvalue weighted by Gasteiger charge is -2.17. The predicted molar refractivity (Wildman–Crippen MR) is 78.2 cm³/mol. The van der Waals surface area contributed by atoms with Crippen molar-refractivity contribution in [2.75, 3.05) is 13.6 Å². The average Bonchev–Trinajstić information content (AvgIpc) is 2.38. The van der Waals surface area contributed by atoms with Gasteiger partial charge in [-0.1, -0.05) is 31.9 Å². The van der Waals surface area contributed by atoms with Gasteiger partial charge in [0.15, 0.2) is 0 Å². The Balaban J connectivity index is 2.75. The number of unbranched alkanes of at least 4 members (excludes halogenated alkanes) is 2. The Morgan fingerprint density at radius 3 is 2.60 bits per heavy atom. The number of nitrogens with zero attached hydrogens (tertiary/aromatic N) is 1. The molecule has 0 saturated carbocycles. The van der Waals surface area contributed by atoms with Crippen LogP contribution in [0.1, 0.15) is 42.1 Å². The molecule has 0 aliphatic carbocycles. The third-order valence-corrected chi connectivity index (χ3v) is 4.90. The average molecular weight is 299 g/mol. The fraction of sp³-hybridized carbons (Fsp3) is 0.500. The Morgan fingerprint density at radius 2 is 2.00 bits per heavy atom. The molecule has 6 heteroatoms. The van der Waals surface area contributed by atoms with Crippen LogP contribution in [0.2, 0.25) is 0 Å². The van der Waals surface area contributed by atoms with Crippen molar-refractivity contribution in [3.63, 3.8) is 0 Å². The number of carboxylic acids is 1. The van der Waals surface area contributed by atoms with Crippen LogP contribution in [0.3, 0.4) is 0 Å². The van der Waals surface area contributed by atoms with E-state index in [4.69, 9.17) is 5.11 Å². The molecule has 1 N–H and O–H groups in total. The van der Waals surface area contributed by atoms with Gasteiger partial charge in [-0.05, 0) is 24.1 Å². The second kappa shape index (κ2) is 7.40. The summed E-state index contributed by atoms with van der Waals surface area (Å²) >= 11 is 0. The van der Waals surface area contributed by atoms with E-state index in [0.29, 0.717) is 12.1 Å². The van der Waals surface area contributed by atoms with E-state index in [-0.39, 0.29) is 11.3 Å². The Labute approximate surface area is 120 Å². The van der Waals surface area contributed by atoms with Crippen molar-refractivity contribution in [1.82, 2.24) is 4.31 Å². The SMILES string of the molecule is CCCCCN(C)S(=O)(=O)Cc1cccc(C(=O)O)c1. The van der Waals surface area contributed by atoms with Gasteiger partial charge in [0.2, 0.25) is 10.0 Å². The summed E-state index contributed by atoms with van der Waals surface area (Å²) in [6.45, 7) is 2.56. The largest absolute Gasteiger partial charge is 0.478 e. The first kappa shape index (κ1) is 16.7. The van der Waals surface area contributed by atoms with Gasteiger partial charge in [0.25, 0.3) is 0 Å². The van der Waals surface area contributed by atoms with Crippen LogP contribution in [0.4, 0.5) is 0 Å². The molecule has 0 amide bonds. The van der Waals surface area contributed by atoms with Crippen molar-refractivity contribution < 1.29 is 18.3 Å². The van der Waals surface area contributed by atoms with Crippen LogP contribution >= 0.6 is 0 Å². The molecule has 5 nitrogen and oxygen atoms in total. The zero-order valence-corrected chi connectivity index (χ0v) is 12.7. The van der Waals surface area contributed by atoms with Crippen molar-refractivity contribution in [1.29, 1.82) is 0 Å². The number of rotatable bonds is 8. The summed E-state index contributed by atoms with van der Waals surface area (Å²) < 4.78 is 25.7. The van der Waals surface area contributed by atoms with E-state index < -0.39 is 16.0 Å². The summed E-state index contributed by atoms with van der Waals surface area (Å²) in [4.78, 5) is 10.9. The predicted octanol–water partition coefficient (Wildman–Crippen LogP) is 2.34. The van der Waals surface area contributed by atoms with Gasteiger partial charge >= 0.3 is 5.97 Å². The number of hydrogen-bond donors (Lipinski definition) is 1. The number of aromatic carboxylic acids is 1. The molecule has 0 aromatic heterocycles.